The molecule has 21 rings (SSSR count). The summed E-state index contributed by atoms with van der Waals surface area (Å²) >= 11 is 5.58. The second kappa shape index (κ2) is 26.9. The van der Waals surface area contributed by atoms with Crippen LogP contribution in [0.25, 0.3) is 127 Å². The number of anilines is 10. The Morgan fingerprint density at radius 1 is 0.222 bits per heavy atom. The lowest BCUT2D eigenvalue weighted by Gasteiger charge is -2.28. The van der Waals surface area contributed by atoms with Gasteiger partial charge in [-0.25, -0.2) is 0 Å². The lowest BCUT2D eigenvalue weighted by atomic mass is 9.82. The monoisotopic (exact) mass is 1430 g/mol. The standard InChI is InChI=1S/C51H38N2S.C50H32N2S2/c1-51(2)47-16-10-9-15-43(47)44-28-26-41(32-48(44)51)53(40-13-7-4-8-14-40)42-27-29-45-46-31-37(23-30-49(46)54-50(45)33-42)36-19-17-34(18-20-36)35-21-24-39(25-22-35)52-38-11-5-3-6-12-38;1-3-16-39-32(10-1)12-8-19-45(39)52(46-20-9-13-33-11-2-4-17-40(33)46)38-24-26-43-44-29-35(22-27-48(44)54-50(43)31-38)34-14-7-15-36(28-34)51-37-23-25-42-41-18-5-6-21-47(41)53-49(42)30-37/h3-33,52H,1-2H3;1-31,51H. The zero-order chi connectivity index (χ0) is 71.8. The minimum Gasteiger partial charge on any atom is -0.356 e. The molecule has 0 saturated heterocycles. The molecule has 1 aliphatic carbocycles. The Morgan fingerprint density at radius 3 is 1.30 bits per heavy atom. The van der Waals surface area contributed by atoms with Crippen LogP contribution >= 0.6 is 34.0 Å². The van der Waals surface area contributed by atoms with Crippen molar-refractivity contribution in [3.8, 4) is 44.5 Å². The lowest BCUT2D eigenvalue weighted by Crippen LogP contribution is -2.16. The maximum atomic E-state index is 3.68. The van der Waals surface area contributed by atoms with Crippen LogP contribution < -0.4 is 20.4 Å². The van der Waals surface area contributed by atoms with Crippen LogP contribution in [0.4, 0.5) is 56.9 Å². The van der Waals surface area contributed by atoms with Gasteiger partial charge in [-0.05, 0) is 206 Å². The summed E-state index contributed by atoms with van der Waals surface area (Å²) < 4.78 is 7.78. The van der Waals surface area contributed by atoms with Gasteiger partial charge in [-0.3, -0.25) is 0 Å². The van der Waals surface area contributed by atoms with Crippen molar-refractivity contribution in [3.63, 3.8) is 0 Å². The van der Waals surface area contributed by atoms with Crippen molar-refractivity contribution in [2.45, 2.75) is 19.3 Å². The highest BCUT2D eigenvalue weighted by molar-refractivity contribution is 7.26. The summed E-state index contributed by atoms with van der Waals surface area (Å²) in [6.45, 7) is 4.70. The predicted octanol–water partition coefficient (Wildman–Crippen LogP) is 30.5. The molecule has 0 radical (unpaired) electrons. The van der Waals surface area contributed by atoms with Crippen molar-refractivity contribution >= 4 is 173 Å². The molecule has 0 bridgehead atoms. The molecule has 108 heavy (non-hydrogen) atoms. The molecule has 17 aromatic carbocycles. The van der Waals surface area contributed by atoms with E-state index < -0.39 is 0 Å². The Morgan fingerprint density at radius 2 is 0.630 bits per heavy atom. The van der Waals surface area contributed by atoms with Crippen LogP contribution in [0.15, 0.2) is 376 Å². The molecule has 20 aromatic rings. The Balaban J connectivity index is 0.000000142. The number of rotatable bonds is 13. The van der Waals surface area contributed by atoms with E-state index in [9.17, 15) is 0 Å². The molecule has 0 saturated carbocycles. The molecule has 0 aliphatic heterocycles. The molecule has 0 atom stereocenters. The van der Waals surface area contributed by atoms with E-state index in [1.165, 1.54) is 155 Å². The third-order valence-corrected chi connectivity index (χ3v) is 25.0. The minimum absolute atomic E-state index is 0.0658. The largest absolute Gasteiger partial charge is 0.356 e. The molecular formula is C101H70N4S3. The number of hydrogen-bond donors (Lipinski definition) is 2. The fourth-order valence-electron chi connectivity index (χ4n) is 16.3. The second-order valence-electron chi connectivity index (χ2n) is 28.6. The first-order valence-electron chi connectivity index (χ1n) is 36.8. The predicted molar refractivity (Wildman–Crippen MR) is 469 cm³/mol. The fourth-order valence-corrected chi connectivity index (χ4v) is 19.7. The average Bonchev–Trinajstić information content (AvgIpc) is 1.56. The topological polar surface area (TPSA) is 30.5 Å². The summed E-state index contributed by atoms with van der Waals surface area (Å²) in [6.07, 6.45) is 0. The number of nitrogens with zero attached hydrogens (tertiary/aromatic N) is 2. The molecular weight excluding hydrogens is 1370 g/mol. The number of benzene rings is 17. The second-order valence-corrected chi connectivity index (χ2v) is 31.8. The number of para-hydroxylation sites is 2. The van der Waals surface area contributed by atoms with Crippen LogP contribution in [0.5, 0.6) is 0 Å². The third kappa shape index (κ3) is 11.8. The molecule has 512 valence electrons. The Hall–Kier alpha value is -12.9. The van der Waals surface area contributed by atoms with E-state index in [2.05, 4.69) is 392 Å². The Labute approximate surface area is 639 Å². The number of fused-ring (bicyclic) bond motifs is 14. The number of hydrogen-bond acceptors (Lipinski definition) is 7. The van der Waals surface area contributed by atoms with E-state index in [1.807, 2.05) is 52.2 Å². The van der Waals surface area contributed by atoms with E-state index in [1.54, 1.807) is 0 Å². The van der Waals surface area contributed by atoms with E-state index in [4.69, 9.17) is 0 Å². The number of nitrogens with one attached hydrogen (secondary N) is 2. The summed E-state index contributed by atoms with van der Waals surface area (Å²) in [5.74, 6) is 0. The molecule has 4 nitrogen and oxygen atoms in total. The smallest absolute Gasteiger partial charge is 0.0540 e. The highest BCUT2D eigenvalue weighted by Gasteiger charge is 2.36. The van der Waals surface area contributed by atoms with Crippen LogP contribution in [-0.2, 0) is 5.41 Å². The molecule has 2 N–H and O–H groups in total. The summed E-state index contributed by atoms with van der Waals surface area (Å²) in [4.78, 5) is 4.85. The number of thiophene rings is 3. The Kier molecular flexibility index (Phi) is 16.1. The molecule has 7 heteroatoms. The molecule has 0 amide bonds. The van der Waals surface area contributed by atoms with Gasteiger partial charge in [-0.15, -0.1) is 34.0 Å². The van der Waals surface area contributed by atoms with Crippen LogP contribution in [0.2, 0.25) is 0 Å². The quantitative estimate of drug-likeness (QED) is 0.120. The summed E-state index contributed by atoms with van der Waals surface area (Å²) in [5, 5.41) is 19.9. The van der Waals surface area contributed by atoms with Crippen molar-refractivity contribution in [2.75, 3.05) is 20.4 Å². The zero-order valence-electron chi connectivity index (χ0n) is 59.4. The maximum Gasteiger partial charge on any atom is 0.0540 e. The summed E-state index contributed by atoms with van der Waals surface area (Å²) in [5.41, 5.74) is 24.0. The van der Waals surface area contributed by atoms with Crippen molar-refractivity contribution in [1.82, 2.24) is 0 Å². The lowest BCUT2D eigenvalue weighted by molar-refractivity contribution is 0.660. The normalized spacial score (nSPS) is 12.2. The molecule has 0 spiro atoms. The van der Waals surface area contributed by atoms with Gasteiger partial charge in [0.05, 0.1) is 11.4 Å². The average molecular weight is 1440 g/mol. The van der Waals surface area contributed by atoms with E-state index in [0.29, 0.717) is 0 Å². The zero-order valence-corrected chi connectivity index (χ0v) is 61.9. The first-order valence-corrected chi connectivity index (χ1v) is 39.3. The van der Waals surface area contributed by atoms with Crippen molar-refractivity contribution in [3.05, 3.63) is 387 Å². The molecule has 3 heterocycles. The fraction of sp³-hybridized carbons (Fsp3) is 0.0297. The van der Waals surface area contributed by atoms with E-state index in [0.717, 1.165) is 39.8 Å². The van der Waals surface area contributed by atoms with Crippen LogP contribution in [0.3, 0.4) is 0 Å². The van der Waals surface area contributed by atoms with Gasteiger partial charge in [0.15, 0.2) is 0 Å². The first kappa shape index (κ1) is 64.7. The van der Waals surface area contributed by atoms with E-state index >= 15 is 0 Å². The Bertz CT molecular complexity index is 6760. The van der Waals surface area contributed by atoms with Gasteiger partial charge in [0.1, 0.15) is 0 Å². The van der Waals surface area contributed by atoms with Gasteiger partial charge in [0.25, 0.3) is 0 Å². The molecule has 1 aliphatic rings. The maximum absolute atomic E-state index is 3.68. The first-order chi connectivity index (χ1) is 53.2. The summed E-state index contributed by atoms with van der Waals surface area (Å²) in [6, 6.07) is 137. The molecule has 3 aromatic heterocycles. The van der Waals surface area contributed by atoms with Crippen molar-refractivity contribution < 1.29 is 0 Å². The van der Waals surface area contributed by atoms with Crippen molar-refractivity contribution in [2.24, 2.45) is 0 Å². The van der Waals surface area contributed by atoms with Gasteiger partial charge in [-0.1, -0.05) is 250 Å². The van der Waals surface area contributed by atoms with Crippen molar-refractivity contribution in [1.29, 1.82) is 0 Å². The van der Waals surface area contributed by atoms with E-state index in [-0.39, 0.29) is 5.41 Å². The SMILES string of the molecule is CC1(C)c2ccccc2-c2ccc(N(c3ccccc3)c3ccc4c(c3)sc3ccc(-c5ccc(-c6ccc(Nc7ccccc7)cc6)cc5)cc34)cc21.c1cc(Nc2ccc3c(c2)sc2ccccc23)cc(-c2ccc3sc4cc(N(c5cccc6ccccc56)c5cccc6ccccc56)ccc4c3c2)c1. The van der Waals surface area contributed by atoms with Crippen LogP contribution in [0, 0.1) is 0 Å². The van der Waals surface area contributed by atoms with Crippen LogP contribution in [0.1, 0.15) is 25.0 Å². The van der Waals surface area contributed by atoms with Gasteiger partial charge in [0, 0.05) is 122 Å². The summed E-state index contributed by atoms with van der Waals surface area (Å²) in [7, 11) is 0. The minimum atomic E-state index is -0.0658. The third-order valence-electron chi connectivity index (χ3n) is 21.6. The van der Waals surface area contributed by atoms with Gasteiger partial charge >= 0.3 is 0 Å². The van der Waals surface area contributed by atoms with Gasteiger partial charge in [0.2, 0.25) is 0 Å². The van der Waals surface area contributed by atoms with Crippen LogP contribution in [-0.4, -0.2) is 0 Å². The highest BCUT2D eigenvalue weighted by Crippen LogP contribution is 2.52. The molecule has 0 unspecified atom stereocenters. The van der Waals surface area contributed by atoms with Gasteiger partial charge in [-0.2, -0.15) is 0 Å². The highest BCUT2D eigenvalue weighted by atomic mass is 32.1. The molecule has 0 fully saturated rings. The van der Waals surface area contributed by atoms with Gasteiger partial charge < -0.3 is 20.4 Å².